The summed E-state index contributed by atoms with van der Waals surface area (Å²) in [5.41, 5.74) is 0.917. The third-order valence-electron chi connectivity index (χ3n) is 4.23. The summed E-state index contributed by atoms with van der Waals surface area (Å²) >= 11 is 0. The van der Waals surface area contributed by atoms with Crippen molar-refractivity contribution in [2.45, 2.75) is 51.7 Å². The molecule has 1 fully saturated rings. The number of carbonyl (C=O) groups excluding carboxylic acids is 2. The van der Waals surface area contributed by atoms with Crippen molar-refractivity contribution in [3.05, 3.63) is 35.9 Å². The van der Waals surface area contributed by atoms with Crippen LogP contribution in [0.5, 0.6) is 5.75 Å². The first-order valence-electron chi connectivity index (χ1n) is 9.26. The standard InChI is InChI=1S/C20H28N2O4/c1-3-21-20(24)22-16-8-12-18(13-9-16)26-19(23)14-7-15-5-10-17(11-6-15)25-4-2/h5-7,10-11,14,16,18H,3-4,8-9,12-13H2,1-2H3,(H2,21,22,24)/b14-7+. The zero-order valence-electron chi connectivity index (χ0n) is 15.5. The zero-order valence-corrected chi connectivity index (χ0v) is 15.5. The Morgan fingerprint density at radius 2 is 1.81 bits per heavy atom. The van der Waals surface area contributed by atoms with Gasteiger partial charge in [0, 0.05) is 18.7 Å². The summed E-state index contributed by atoms with van der Waals surface area (Å²) in [6.45, 7) is 5.06. The van der Waals surface area contributed by atoms with Crippen molar-refractivity contribution in [3.63, 3.8) is 0 Å². The molecule has 0 heterocycles. The Hall–Kier alpha value is -2.50. The van der Waals surface area contributed by atoms with Gasteiger partial charge in [-0.3, -0.25) is 0 Å². The van der Waals surface area contributed by atoms with E-state index in [4.69, 9.17) is 9.47 Å². The minimum atomic E-state index is -0.334. The molecule has 6 nitrogen and oxygen atoms in total. The molecule has 1 saturated carbocycles. The van der Waals surface area contributed by atoms with E-state index in [0.29, 0.717) is 13.2 Å². The monoisotopic (exact) mass is 360 g/mol. The maximum atomic E-state index is 12.0. The first-order valence-corrected chi connectivity index (χ1v) is 9.26. The first kappa shape index (κ1) is 19.8. The number of amides is 2. The molecule has 26 heavy (non-hydrogen) atoms. The molecular weight excluding hydrogens is 332 g/mol. The highest BCUT2D eigenvalue weighted by molar-refractivity contribution is 5.87. The number of hydrogen-bond donors (Lipinski definition) is 2. The van der Waals surface area contributed by atoms with Crippen LogP contribution < -0.4 is 15.4 Å². The molecule has 0 atom stereocenters. The number of benzene rings is 1. The van der Waals surface area contributed by atoms with E-state index in [1.807, 2.05) is 38.1 Å². The summed E-state index contributed by atoms with van der Waals surface area (Å²) < 4.78 is 10.9. The molecule has 2 rings (SSSR count). The Morgan fingerprint density at radius 3 is 2.42 bits per heavy atom. The maximum absolute atomic E-state index is 12.0. The molecule has 2 amide bonds. The van der Waals surface area contributed by atoms with E-state index < -0.39 is 0 Å². The quantitative estimate of drug-likeness (QED) is 0.578. The van der Waals surface area contributed by atoms with Gasteiger partial charge >= 0.3 is 12.0 Å². The Morgan fingerprint density at radius 1 is 1.12 bits per heavy atom. The minimum absolute atomic E-state index is 0.0835. The summed E-state index contributed by atoms with van der Waals surface area (Å²) in [7, 11) is 0. The minimum Gasteiger partial charge on any atom is -0.494 e. The number of rotatable bonds is 7. The molecule has 0 spiro atoms. The molecule has 0 aliphatic heterocycles. The third kappa shape index (κ3) is 6.78. The number of urea groups is 1. The Kier molecular flexibility index (Phi) is 7.99. The van der Waals surface area contributed by atoms with Crippen molar-refractivity contribution < 1.29 is 19.1 Å². The number of carbonyl (C=O) groups is 2. The normalized spacial score (nSPS) is 19.8. The Balaban J connectivity index is 1.72. The third-order valence-corrected chi connectivity index (χ3v) is 4.23. The predicted octanol–water partition coefficient (Wildman–Crippen LogP) is 3.27. The highest BCUT2D eigenvalue weighted by Gasteiger charge is 2.24. The molecule has 6 heteroatoms. The van der Waals surface area contributed by atoms with Crippen LogP contribution >= 0.6 is 0 Å². The van der Waals surface area contributed by atoms with Gasteiger partial charge < -0.3 is 20.1 Å². The highest BCUT2D eigenvalue weighted by Crippen LogP contribution is 2.21. The van der Waals surface area contributed by atoms with Gasteiger partial charge in [-0.25, -0.2) is 9.59 Å². The zero-order chi connectivity index (χ0) is 18.8. The van der Waals surface area contributed by atoms with Gasteiger partial charge in [-0.15, -0.1) is 0 Å². The second-order valence-corrected chi connectivity index (χ2v) is 6.25. The van der Waals surface area contributed by atoms with E-state index in [0.717, 1.165) is 37.0 Å². The van der Waals surface area contributed by atoms with Crippen molar-refractivity contribution >= 4 is 18.1 Å². The number of esters is 1. The smallest absolute Gasteiger partial charge is 0.331 e. The van der Waals surface area contributed by atoms with Crippen molar-refractivity contribution in [1.82, 2.24) is 10.6 Å². The molecule has 1 aliphatic rings. The van der Waals surface area contributed by atoms with Crippen molar-refractivity contribution in [2.24, 2.45) is 0 Å². The summed E-state index contributed by atoms with van der Waals surface area (Å²) in [6.07, 6.45) is 6.27. The van der Waals surface area contributed by atoms with Crippen molar-refractivity contribution in [3.8, 4) is 5.75 Å². The Bertz CT molecular complexity index is 605. The summed E-state index contributed by atoms with van der Waals surface area (Å²) in [6, 6.07) is 7.55. The van der Waals surface area contributed by atoms with Crippen LogP contribution in [0.15, 0.2) is 30.3 Å². The highest BCUT2D eigenvalue weighted by atomic mass is 16.5. The van der Waals surface area contributed by atoms with Gasteiger partial charge in [0.15, 0.2) is 0 Å². The van der Waals surface area contributed by atoms with Gasteiger partial charge in [-0.2, -0.15) is 0 Å². The van der Waals surface area contributed by atoms with Crippen LogP contribution in [-0.4, -0.2) is 37.3 Å². The van der Waals surface area contributed by atoms with E-state index >= 15 is 0 Å². The number of ether oxygens (including phenoxy) is 2. The van der Waals surface area contributed by atoms with E-state index in [1.54, 1.807) is 6.08 Å². The second kappa shape index (κ2) is 10.5. The lowest BCUT2D eigenvalue weighted by molar-refractivity contribution is -0.144. The molecule has 0 radical (unpaired) electrons. The average molecular weight is 360 g/mol. The molecule has 0 unspecified atom stereocenters. The van der Waals surface area contributed by atoms with Gasteiger partial charge in [-0.1, -0.05) is 12.1 Å². The van der Waals surface area contributed by atoms with Crippen LogP contribution in [0.1, 0.15) is 45.1 Å². The summed E-state index contributed by atoms with van der Waals surface area (Å²) in [4.78, 5) is 23.5. The second-order valence-electron chi connectivity index (χ2n) is 6.25. The molecule has 0 bridgehead atoms. The average Bonchev–Trinajstić information content (AvgIpc) is 2.63. The van der Waals surface area contributed by atoms with Crippen LogP contribution in [0.3, 0.4) is 0 Å². The molecule has 2 N–H and O–H groups in total. The van der Waals surface area contributed by atoms with Gasteiger partial charge in [0.25, 0.3) is 0 Å². The number of hydrogen-bond acceptors (Lipinski definition) is 4. The van der Waals surface area contributed by atoms with E-state index in [9.17, 15) is 9.59 Å². The van der Waals surface area contributed by atoms with Crippen LogP contribution in [-0.2, 0) is 9.53 Å². The Labute approximate surface area is 154 Å². The fourth-order valence-corrected chi connectivity index (χ4v) is 2.93. The SMILES string of the molecule is CCNC(=O)NC1CCC(OC(=O)/C=C/c2ccc(OCC)cc2)CC1. The number of nitrogens with one attached hydrogen (secondary N) is 2. The summed E-state index contributed by atoms with van der Waals surface area (Å²) in [5.74, 6) is 0.476. The van der Waals surface area contributed by atoms with Crippen molar-refractivity contribution in [1.29, 1.82) is 0 Å². The van der Waals surface area contributed by atoms with Crippen molar-refractivity contribution in [2.75, 3.05) is 13.2 Å². The predicted molar refractivity (Wildman–Crippen MR) is 101 cm³/mol. The largest absolute Gasteiger partial charge is 0.494 e. The van der Waals surface area contributed by atoms with Crippen LogP contribution in [0.2, 0.25) is 0 Å². The lowest BCUT2D eigenvalue weighted by Crippen LogP contribution is -2.44. The molecule has 0 saturated heterocycles. The molecule has 142 valence electrons. The first-order chi connectivity index (χ1) is 12.6. The van der Waals surface area contributed by atoms with Gasteiger partial charge in [0.05, 0.1) is 6.61 Å². The lowest BCUT2D eigenvalue weighted by Gasteiger charge is -2.28. The lowest BCUT2D eigenvalue weighted by atomic mass is 9.93. The molecular formula is C20H28N2O4. The van der Waals surface area contributed by atoms with Crippen LogP contribution in [0, 0.1) is 0 Å². The fourth-order valence-electron chi connectivity index (χ4n) is 2.93. The fraction of sp³-hybridized carbons (Fsp3) is 0.500. The van der Waals surface area contributed by atoms with Crippen LogP contribution in [0.4, 0.5) is 4.79 Å². The van der Waals surface area contributed by atoms with E-state index in [-0.39, 0.29) is 24.1 Å². The van der Waals surface area contributed by atoms with Gasteiger partial charge in [-0.05, 0) is 63.3 Å². The molecule has 0 aromatic heterocycles. The van der Waals surface area contributed by atoms with E-state index in [1.165, 1.54) is 6.08 Å². The van der Waals surface area contributed by atoms with Gasteiger partial charge in [0.1, 0.15) is 11.9 Å². The molecule has 1 aromatic carbocycles. The summed E-state index contributed by atoms with van der Waals surface area (Å²) in [5, 5.41) is 5.67. The molecule has 1 aliphatic carbocycles. The maximum Gasteiger partial charge on any atom is 0.331 e. The topological polar surface area (TPSA) is 76.7 Å². The van der Waals surface area contributed by atoms with E-state index in [2.05, 4.69) is 10.6 Å². The van der Waals surface area contributed by atoms with Crippen LogP contribution in [0.25, 0.3) is 6.08 Å². The van der Waals surface area contributed by atoms with Gasteiger partial charge in [0.2, 0.25) is 0 Å². The molecule has 1 aromatic rings.